The van der Waals surface area contributed by atoms with Crippen LogP contribution < -0.4 is 0 Å². The molecule has 0 atom stereocenters. The molecule has 0 aromatic heterocycles. The molecule has 110 valence electrons. The number of carboxylic acids is 3. The third kappa shape index (κ3) is 6.47. The van der Waals surface area contributed by atoms with Crippen LogP contribution in [0.3, 0.4) is 0 Å². The molecular formula is C10H10O9S. The van der Waals surface area contributed by atoms with Crippen LogP contribution in [0.15, 0.2) is 18.2 Å². The molecule has 0 bridgehead atoms. The zero-order valence-electron chi connectivity index (χ0n) is 9.97. The lowest BCUT2D eigenvalue weighted by Crippen LogP contribution is -2.10. The molecule has 0 heterocycles. The van der Waals surface area contributed by atoms with E-state index in [0.29, 0.717) is 6.26 Å². The first-order valence-corrected chi connectivity index (χ1v) is 6.54. The highest BCUT2D eigenvalue weighted by atomic mass is 32.2. The number of hydrogen-bond donors (Lipinski definition) is 4. The molecule has 1 aromatic rings. The Kier molecular flexibility index (Phi) is 5.82. The van der Waals surface area contributed by atoms with Crippen LogP contribution in [0.2, 0.25) is 0 Å². The van der Waals surface area contributed by atoms with Crippen LogP contribution in [0.1, 0.15) is 31.1 Å². The second-order valence-corrected chi connectivity index (χ2v) is 4.87. The Morgan fingerprint density at radius 1 is 0.900 bits per heavy atom. The topological polar surface area (TPSA) is 166 Å². The van der Waals surface area contributed by atoms with E-state index in [1.807, 2.05) is 0 Å². The molecule has 1 aromatic carbocycles. The van der Waals surface area contributed by atoms with Gasteiger partial charge in [-0.25, -0.2) is 14.4 Å². The molecule has 10 heteroatoms. The second-order valence-electron chi connectivity index (χ2n) is 3.41. The maximum absolute atomic E-state index is 10.6. The molecule has 0 amide bonds. The number of benzene rings is 1. The van der Waals surface area contributed by atoms with Gasteiger partial charge in [0.2, 0.25) is 0 Å². The van der Waals surface area contributed by atoms with Gasteiger partial charge in [-0.2, -0.15) is 8.42 Å². The van der Waals surface area contributed by atoms with Crippen molar-refractivity contribution in [3.63, 3.8) is 0 Å². The highest BCUT2D eigenvalue weighted by Gasteiger charge is 2.17. The van der Waals surface area contributed by atoms with Gasteiger partial charge in [0.05, 0.1) is 22.9 Å². The van der Waals surface area contributed by atoms with Gasteiger partial charge in [-0.3, -0.25) is 4.55 Å². The van der Waals surface area contributed by atoms with Crippen LogP contribution in [0.4, 0.5) is 0 Å². The summed E-state index contributed by atoms with van der Waals surface area (Å²) >= 11 is 0. The van der Waals surface area contributed by atoms with E-state index in [1.54, 1.807) is 0 Å². The van der Waals surface area contributed by atoms with Gasteiger partial charge >= 0.3 is 17.9 Å². The average molecular weight is 306 g/mol. The smallest absolute Gasteiger partial charge is 0.336 e. The van der Waals surface area contributed by atoms with Crippen molar-refractivity contribution >= 4 is 28.0 Å². The molecule has 0 aliphatic heterocycles. The van der Waals surface area contributed by atoms with Crippen LogP contribution in [0, 0.1) is 0 Å². The molecule has 0 radical (unpaired) electrons. The lowest BCUT2D eigenvalue weighted by Gasteiger charge is -2.02. The Morgan fingerprint density at radius 2 is 1.30 bits per heavy atom. The largest absolute Gasteiger partial charge is 0.478 e. The van der Waals surface area contributed by atoms with Crippen molar-refractivity contribution in [1.29, 1.82) is 0 Å². The molecule has 9 nitrogen and oxygen atoms in total. The Bertz CT molecular complexity index is 637. The van der Waals surface area contributed by atoms with Crippen molar-refractivity contribution in [3.8, 4) is 0 Å². The van der Waals surface area contributed by atoms with E-state index in [4.69, 9.17) is 19.9 Å². The molecule has 0 unspecified atom stereocenters. The molecule has 0 aliphatic rings. The van der Waals surface area contributed by atoms with E-state index < -0.39 is 39.2 Å². The number of aromatic carboxylic acids is 3. The number of rotatable bonds is 3. The van der Waals surface area contributed by atoms with Crippen LogP contribution in [-0.4, -0.2) is 52.5 Å². The van der Waals surface area contributed by atoms with Crippen LogP contribution in [0.25, 0.3) is 0 Å². The first-order valence-electron chi connectivity index (χ1n) is 4.70. The third-order valence-electron chi connectivity index (χ3n) is 1.73. The third-order valence-corrected chi connectivity index (χ3v) is 1.73. The van der Waals surface area contributed by atoms with E-state index in [0.717, 1.165) is 18.2 Å². The Hall–Kier alpha value is -2.46. The molecule has 20 heavy (non-hydrogen) atoms. The summed E-state index contributed by atoms with van der Waals surface area (Å²) in [5, 5.41) is 25.9. The summed E-state index contributed by atoms with van der Waals surface area (Å²) in [6.07, 6.45) is 0.715. The van der Waals surface area contributed by atoms with E-state index in [9.17, 15) is 22.8 Å². The minimum Gasteiger partial charge on any atom is -0.478 e. The zero-order valence-corrected chi connectivity index (χ0v) is 10.8. The van der Waals surface area contributed by atoms with E-state index >= 15 is 0 Å². The Morgan fingerprint density at radius 3 is 1.60 bits per heavy atom. The van der Waals surface area contributed by atoms with Gasteiger partial charge in [0.15, 0.2) is 0 Å². The number of carboxylic acid groups (broad SMARTS) is 3. The van der Waals surface area contributed by atoms with Crippen LogP contribution in [0.5, 0.6) is 0 Å². The highest BCUT2D eigenvalue weighted by molar-refractivity contribution is 7.85. The van der Waals surface area contributed by atoms with Gasteiger partial charge in [-0.1, -0.05) is 0 Å². The number of hydrogen-bond acceptors (Lipinski definition) is 5. The van der Waals surface area contributed by atoms with Crippen LogP contribution >= 0.6 is 0 Å². The highest BCUT2D eigenvalue weighted by Crippen LogP contribution is 2.12. The molecule has 0 spiro atoms. The summed E-state index contributed by atoms with van der Waals surface area (Å²) in [6.45, 7) is 0. The normalized spacial score (nSPS) is 10.1. The van der Waals surface area contributed by atoms with Crippen molar-refractivity contribution in [2.24, 2.45) is 0 Å². The van der Waals surface area contributed by atoms with E-state index in [2.05, 4.69) is 0 Å². The summed E-state index contributed by atoms with van der Waals surface area (Å²) in [4.78, 5) is 31.8. The van der Waals surface area contributed by atoms with Crippen molar-refractivity contribution in [3.05, 3.63) is 34.9 Å². The first-order chi connectivity index (χ1) is 8.93. The lowest BCUT2D eigenvalue weighted by atomic mass is 10.0. The van der Waals surface area contributed by atoms with Crippen molar-refractivity contribution in [2.45, 2.75) is 0 Å². The summed E-state index contributed by atoms with van der Waals surface area (Å²) in [7, 11) is -3.67. The molecule has 1 rings (SSSR count). The molecule has 0 fully saturated rings. The monoisotopic (exact) mass is 306 g/mol. The summed E-state index contributed by atoms with van der Waals surface area (Å²) in [5.41, 5.74) is -1.24. The first kappa shape index (κ1) is 17.5. The standard InChI is InChI=1S/C9H6O6.CH4O3S/c10-7(11)4-1-2-5(8(12)13)6(3-4)9(14)15;1-5(2,3)4/h1-3H,(H,10,11)(H,12,13)(H,14,15);1H3,(H,2,3,4). The van der Waals surface area contributed by atoms with Crippen LogP contribution in [-0.2, 0) is 10.1 Å². The van der Waals surface area contributed by atoms with Gasteiger partial charge < -0.3 is 15.3 Å². The van der Waals surface area contributed by atoms with Crippen molar-refractivity contribution in [1.82, 2.24) is 0 Å². The van der Waals surface area contributed by atoms with Crippen molar-refractivity contribution < 1.29 is 42.7 Å². The summed E-state index contributed by atoms with van der Waals surface area (Å²) in [6, 6.07) is 2.81. The molecule has 0 saturated carbocycles. The zero-order chi connectivity index (χ0) is 16.1. The maximum atomic E-state index is 10.6. The minimum atomic E-state index is -3.67. The van der Waals surface area contributed by atoms with Crippen molar-refractivity contribution in [2.75, 3.05) is 6.26 Å². The predicted octanol–water partition coefficient (Wildman–Crippen LogP) is 0.285. The van der Waals surface area contributed by atoms with Gasteiger partial charge in [0.25, 0.3) is 10.1 Å². The van der Waals surface area contributed by atoms with Gasteiger partial charge in [-0.15, -0.1) is 0 Å². The fourth-order valence-corrected chi connectivity index (χ4v) is 1.04. The average Bonchev–Trinajstić information content (AvgIpc) is 2.25. The second kappa shape index (κ2) is 6.63. The fourth-order valence-electron chi connectivity index (χ4n) is 1.04. The summed E-state index contributed by atoms with van der Waals surface area (Å²) < 4.78 is 25.9. The Labute approximate surface area is 112 Å². The Balaban J connectivity index is 0.000000621. The summed E-state index contributed by atoms with van der Waals surface area (Å²) in [5.74, 6) is -4.20. The van der Waals surface area contributed by atoms with Gasteiger partial charge in [0.1, 0.15) is 0 Å². The van der Waals surface area contributed by atoms with E-state index in [-0.39, 0.29) is 5.56 Å². The maximum Gasteiger partial charge on any atom is 0.336 e. The minimum absolute atomic E-state index is 0.266. The van der Waals surface area contributed by atoms with Gasteiger partial charge in [0, 0.05) is 0 Å². The molecule has 0 saturated heterocycles. The lowest BCUT2D eigenvalue weighted by molar-refractivity contribution is 0.0649. The molecule has 0 aliphatic carbocycles. The quantitative estimate of drug-likeness (QED) is 0.573. The van der Waals surface area contributed by atoms with E-state index in [1.165, 1.54) is 0 Å². The molecule has 4 N–H and O–H groups in total. The SMILES string of the molecule is CS(=O)(=O)O.O=C(O)c1ccc(C(=O)O)c(C(=O)O)c1. The predicted molar refractivity (Wildman–Crippen MR) is 64.8 cm³/mol. The molecular weight excluding hydrogens is 296 g/mol. The fraction of sp³-hybridized carbons (Fsp3) is 0.100. The van der Waals surface area contributed by atoms with Gasteiger partial charge in [-0.05, 0) is 18.2 Å². The number of carbonyl (C=O) groups is 3.